The predicted octanol–water partition coefficient (Wildman–Crippen LogP) is 2.94. The van der Waals surface area contributed by atoms with Crippen LogP contribution in [0.1, 0.15) is 38.2 Å². The molecule has 0 bridgehead atoms. The van der Waals surface area contributed by atoms with Crippen molar-refractivity contribution in [2.45, 2.75) is 38.7 Å². The van der Waals surface area contributed by atoms with Gasteiger partial charge in [0.2, 0.25) is 0 Å². The minimum atomic E-state index is 0.352. The third-order valence-corrected chi connectivity index (χ3v) is 3.37. The lowest BCUT2D eigenvalue weighted by atomic mass is 9.98. The summed E-state index contributed by atoms with van der Waals surface area (Å²) in [6.07, 6.45) is 2.63. The number of rotatable bonds is 4. The van der Waals surface area contributed by atoms with E-state index in [9.17, 15) is 0 Å². The summed E-state index contributed by atoms with van der Waals surface area (Å²) in [5.74, 6) is 1.65. The molecule has 1 aromatic carbocycles. The first kappa shape index (κ1) is 11.5. The average molecular weight is 219 g/mol. The van der Waals surface area contributed by atoms with Crippen LogP contribution < -0.4 is 10.1 Å². The average Bonchev–Trinajstić information content (AvgIpc) is 2.82. The standard InChI is InChI=1S/C14H21NO/c1-3-11(2)13-6-4-5-7-14(13)16-12-8-9-15-10-12/h4-7,11-12,15H,3,8-10H2,1-2H3/t11-,12-/m0/s1. The van der Waals surface area contributed by atoms with Crippen molar-refractivity contribution >= 4 is 0 Å². The van der Waals surface area contributed by atoms with Gasteiger partial charge in [-0.05, 0) is 36.9 Å². The Bertz CT molecular complexity index is 331. The summed E-state index contributed by atoms with van der Waals surface area (Å²) in [6.45, 7) is 6.54. The lowest BCUT2D eigenvalue weighted by Gasteiger charge is -2.18. The molecule has 2 rings (SSSR count). The highest BCUT2D eigenvalue weighted by molar-refractivity contribution is 5.36. The van der Waals surface area contributed by atoms with Crippen LogP contribution in [0.5, 0.6) is 5.75 Å². The molecule has 0 spiro atoms. The van der Waals surface area contributed by atoms with Gasteiger partial charge < -0.3 is 10.1 Å². The van der Waals surface area contributed by atoms with Crippen LogP contribution in [0.3, 0.4) is 0 Å². The maximum Gasteiger partial charge on any atom is 0.123 e. The van der Waals surface area contributed by atoms with E-state index < -0.39 is 0 Å². The lowest BCUT2D eigenvalue weighted by molar-refractivity contribution is 0.220. The number of nitrogens with one attached hydrogen (secondary N) is 1. The zero-order valence-electron chi connectivity index (χ0n) is 10.2. The molecule has 0 aromatic heterocycles. The Morgan fingerprint density at radius 3 is 2.94 bits per heavy atom. The van der Waals surface area contributed by atoms with Gasteiger partial charge in [-0.25, -0.2) is 0 Å². The SMILES string of the molecule is CC[C@H](C)c1ccccc1O[C@H]1CCNC1. The Hall–Kier alpha value is -1.02. The smallest absolute Gasteiger partial charge is 0.123 e. The molecular weight excluding hydrogens is 198 g/mol. The van der Waals surface area contributed by atoms with Crippen molar-refractivity contribution in [3.8, 4) is 5.75 Å². The molecule has 2 atom stereocenters. The molecule has 2 nitrogen and oxygen atoms in total. The molecule has 1 heterocycles. The van der Waals surface area contributed by atoms with Crippen LogP contribution >= 0.6 is 0 Å². The van der Waals surface area contributed by atoms with Crippen molar-refractivity contribution in [1.82, 2.24) is 5.32 Å². The van der Waals surface area contributed by atoms with Gasteiger partial charge in [-0.1, -0.05) is 32.0 Å². The summed E-state index contributed by atoms with van der Waals surface area (Å²) in [7, 11) is 0. The van der Waals surface area contributed by atoms with Crippen LogP contribution in [0.4, 0.5) is 0 Å². The molecule has 1 aromatic rings. The Kier molecular flexibility index (Phi) is 3.83. The minimum absolute atomic E-state index is 0.352. The van der Waals surface area contributed by atoms with E-state index in [1.807, 2.05) is 0 Å². The maximum absolute atomic E-state index is 6.07. The fourth-order valence-corrected chi connectivity index (χ4v) is 2.12. The molecule has 0 amide bonds. The van der Waals surface area contributed by atoms with Crippen LogP contribution in [0, 0.1) is 0 Å². The molecule has 88 valence electrons. The fourth-order valence-electron chi connectivity index (χ4n) is 2.12. The van der Waals surface area contributed by atoms with E-state index in [0.717, 1.165) is 31.7 Å². The highest BCUT2D eigenvalue weighted by Gasteiger charge is 2.18. The van der Waals surface area contributed by atoms with Crippen LogP contribution in [0.15, 0.2) is 24.3 Å². The quantitative estimate of drug-likeness (QED) is 0.840. The number of benzene rings is 1. The van der Waals surface area contributed by atoms with Gasteiger partial charge in [0.15, 0.2) is 0 Å². The second kappa shape index (κ2) is 5.35. The zero-order valence-corrected chi connectivity index (χ0v) is 10.2. The summed E-state index contributed by atoms with van der Waals surface area (Å²) in [5, 5.41) is 3.33. The number of hydrogen-bond acceptors (Lipinski definition) is 2. The molecule has 1 fully saturated rings. The van der Waals surface area contributed by atoms with Crippen molar-refractivity contribution in [3.05, 3.63) is 29.8 Å². The van der Waals surface area contributed by atoms with Crippen LogP contribution in [0.25, 0.3) is 0 Å². The molecule has 1 aliphatic rings. The Labute approximate surface area is 98.0 Å². The molecule has 1 N–H and O–H groups in total. The molecule has 16 heavy (non-hydrogen) atoms. The molecule has 1 aliphatic heterocycles. The lowest BCUT2D eigenvalue weighted by Crippen LogP contribution is -2.20. The van der Waals surface area contributed by atoms with E-state index in [-0.39, 0.29) is 0 Å². The van der Waals surface area contributed by atoms with Crippen molar-refractivity contribution in [1.29, 1.82) is 0 Å². The van der Waals surface area contributed by atoms with Gasteiger partial charge >= 0.3 is 0 Å². The first-order valence-corrected chi connectivity index (χ1v) is 6.27. The normalized spacial score (nSPS) is 22.0. The van der Waals surface area contributed by atoms with E-state index in [4.69, 9.17) is 4.74 Å². The third-order valence-electron chi connectivity index (χ3n) is 3.37. The summed E-state index contributed by atoms with van der Waals surface area (Å²) in [5.41, 5.74) is 1.34. The molecule has 1 saturated heterocycles. The fraction of sp³-hybridized carbons (Fsp3) is 0.571. The number of para-hydroxylation sites is 1. The minimum Gasteiger partial charge on any atom is -0.489 e. The van der Waals surface area contributed by atoms with Gasteiger partial charge in [0.25, 0.3) is 0 Å². The van der Waals surface area contributed by atoms with Crippen molar-refractivity contribution in [2.24, 2.45) is 0 Å². The molecule has 0 aliphatic carbocycles. The van der Waals surface area contributed by atoms with Gasteiger partial charge in [0, 0.05) is 6.54 Å². The van der Waals surface area contributed by atoms with E-state index >= 15 is 0 Å². The highest BCUT2D eigenvalue weighted by atomic mass is 16.5. The van der Waals surface area contributed by atoms with Crippen molar-refractivity contribution in [2.75, 3.05) is 13.1 Å². The Balaban J connectivity index is 2.12. The Morgan fingerprint density at radius 2 is 2.25 bits per heavy atom. The van der Waals surface area contributed by atoms with Crippen molar-refractivity contribution in [3.63, 3.8) is 0 Å². The zero-order chi connectivity index (χ0) is 11.4. The summed E-state index contributed by atoms with van der Waals surface area (Å²) >= 11 is 0. The van der Waals surface area contributed by atoms with Crippen LogP contribution in [0.2, 0.25) is 0 Å². The predicted molar refractivity (Wildman–Crippen MR) is 67.1 cm³/mol. The molecule has 0 saturated carbocycles. The largest absolute Gasteiger partial charge is 0.489 e. The summed E-state index contributed by atoms with van der Waals surface area (Å²) in [6, 6.07) is 8.44. The second-order valence-corrected chi connectivity index (χ2v) is 4.58. The van der Waals surface area contributed by atoms with Crippen molar-refractivity contribution < 1.29 is 4.74 Å². The summed E-state index contributed by atoms with van der Waals surface area (Å²) < 4.78 is 6.07. The van der Waals surface area contributed by atoms with E-state index in [1.54, 1.807) is 0 Å². The first-order chi connectivity index (χ1) is 7.81. The molecular formula is C14H21NO. The van der Waals surface area contributed by atoms with Crippen LogP contribution in [-0.4, -0.2) is 19.2 Å². The van der Waals surface area contributed by atoms with Gasteiger partial charge in [0.1, 0.15) is 11.9 Å². The maximum atomic E-state index is 6.07. The highest BCUT2D eigenvalue weighted by Crippen LogP contribution is 2.29. The van der Waals surface area contributed by atoms with Gasteiger partial charge in [-0.15, -0.1) is 0 Å². The molecule has 2 heteroatoms. The second-order valence-electron chi connectivity index (χ2n) is 4.58. The number of ether oxygens (including phenoxy) is 1. The molecule has 0 radical (unpaired) electrons. The monoisotopic (exact) mass is 219 g/mol. The Morgan fingerprint density at radius 1 is 1.44 bits per heavy atom. The van der Waals surface area contributed by atoms with Crippen LogP contribution in [-0.2, 0) is 0 Å². The van der Waals surface area contributed by atoms with Gasteiger partial charge in [0.05, 0.1) is 0 Å². The first-order valence-electron chi connectivity index (χ1n) is 6.27. The molecule has 0 unspecified atom stereocenters. The van der Waals surface area contributed by atoms with Gasteiger partial charge in [-0.3, -0.25) is 0 Å². The summed E-state index contributed by atoms with van der Waals surface area (Å²) in [4.78, 5) is 0. The topological polar surface area (TPSA) is 21.3 Å². The van der Waals surface area contributed by atoms with Gasteiger partial charge in [-0.2, -0.15) is 0 Å². The van der Waals surface area contributed by atoms with E-state index in [1.165, 1.54) is 5.56 Å². The number of hydrogen-bond donors (Lipinski definition) is 1. The third kappa shape index (κ3) is 2.56. The van der Waals surface area contributed by atoms with E-state index in [0.29, 0.717) is 12.0 Å². The van der Waals surface area contributed by atoms with E-state index in [2.05, 4.69) is 43.4 Å².